The highest BCUT2D eigenvalue weighted by Crippen LogP contribution is 2.19. The van der Waals surface area contributed by atoms with E-state index in [-0.39, 0.29) is 6.10 Å². The van der Waals surface area contributed by atoms with Crippen molar-refractivity contribution in [2.24, 2.45) is 5.92 Å². The maximum atomic E-state index is 9.66. The molecule has 3 nitrogen and oxygen atoms in total. The van der Waals surface area contributed by atoms with E-state index in [1.54, 1.807) is 0 Å². The van der Waals surface area contributed by atoms with Gasteiger partial charge in [-0.1, -0.05) is 25.1 Å². The lowest BCUT2D eigenvalue weighted by Gasteiger charge is -2.32. The lowest BCUT2D eigenvalue weighted by Crippen LogP contribution is -2.39. The van der Waals surface area contributed by atoms with Crippen molar-refractivity contribution >= 4 is 0 Å². The van der Waals surface area contributed by atoms with Crippen molar-refractivity contribution < 1.29 is 9.84 Å². The van der Waals surface area contributed by atoms with Gasteiger partial charge in [0.2, 0.25) is 0 Å². The molecule has 0 aliphatic carbocycles. The maximum absolute atomic E-state index is 9.66. The fourth-order valence-electron chi connectivity index (χ4n) is 2.49. The molecule has 1 aliphatic rings. The number of ether oxygens (including phenoxy) is 1. The first-order valence-electron chi connectivity index (χ1n) is 7.36. The number of aliphatic hydroxyl groups is 1. The summed E-state index contributed by atoms with van der Waals surface area (Å²) < 4.78 is 5.82. The third kappa shape index (κ3) is 4.84. The number of para-hydroxylation sites is 1. The zero-order valence-corrected chi connectivity index (χ0v) is 11.8. The van der Waals surface area contributed by atoms with Gasteiger partial charge in [-0.15, -0.1) is 0 Å². The molecule has 0 saturated carbocycles. The van der Waals surface area contributed by atoms with Gasteiger partial charge in [0.25, 0.3) is 0 Å². The van der Waals surface area contributed by atoms with Crippen LogP contribution in [0.1, 0.15) is 26.2 Å². The smallest absolute Gasteiger partial charge is 0.119 e. The Morgan fingerprint density at radius 1 is 1.26 bits per heavy atom. The minimum Gasteiger partial charge on any atom is -0.493 e. The van der Waals surface area contributed by atoms with Crippen molar-refractivity contribution in [3.63, 3.8) is 0 Å². The molecule has 1 saturated heterocycles. The van der Waals surface area contributed by atoms with Gasteiger partial charge in [0.1, 0.15) is 5.75 Å². The van der Waals surface area contributed by atoms with Gasteiger partial charge in [-0.25, -0.2) is 0 Å². The molecule has 2 rings (SSSR count). The van der Waals surface area contributed by atoms with Crippen LogP contribution in [0.3, 0.4) is 0 Å². The number of nitrogens with zero attached hydrogens (tertiary/aromatic N) is 1. The van der Waals surface area contributed by atoms with Crippen LogP contribution in [0.25, 0.3) is 0 Å². The predicted octanol–water partition coefficient (Wildman–Crippen LogP) is 2.55. The van der Waals surface area contributed by atoms with Crippen LogP contribution in [-0.4, -0.2) is 42.4 Å². The zero-order valence-electron chi connectivity index (χ0n) is 11.8. The second-order valence-corrected chi connectivity index (χ2v) is 5.43. The van der Waals surface area contributed by atoms with Crippen LogP contribution < -0.4 is 4.74 Å². The van der Waals surface area contributed by atoms with E-state index < -0.39 is 0 Å². The average Bonchev–Trinajstić information content (AvgIpc) is 2.47. The molecule has 1 aliphatic heterocycles. The monoisotopic (exact) mass is 263 g/mol. The van der Waals surface area contributed by atoms with Gasteiger partial charge >= 0.3 is 0 Å². The van der Waals surface area contributed by atoms with Crippen LogP contribution in [0.5, 0.6) is 5.75 Å². The maximum Gasteiger partial charge on any atom is 0.119 e. The Labute approximate surface area is 116 Å². The second kappa shape index (κ2) is 7.51. The summed E-state index contributed by atoms with van der Waals surface area (Å²) in [5.74, 6) is 1.61. The van der Waals surface area contributed by atoms with Crippen molar-refractivity contribution in [3.8, 4) is 5.75 Å². The number of piperidine rings is 1. The number of hydrogen-bond donors (Lipinski definition) is 1. The first-order valence-corrected chi connectivity index (χ1v) is 7.36. The number of benzene rings is 1. The Morgan fingerprint density at radius 2 is 1.95 bits per heavy atom. The highest BCUT2D eigenvalue weighted by molar-refractivity contribution is 5.20. The molecule has 3 heteroatoms. The first-order chi connectivity index (χ1) is 9.28. The molecule has 1 heterocycles. The lowest BCUT2D eigenvalue weighted by atomic mass is 9.97. The van der Waals surface area contributed by atoms with Gasteiger partial charge in [0.05, 0.1) is 12.7 Å². The van der Waals surface area contributed by atoms with Crippen LogP contribution in [0.4, 0.5) is 0 Å². The fourth-order valence-corrected chi connectivity index (χ4v) is 2.49. The Bertz CT molecular complexity index is 347. The fraction of sp³-hybridized carbons (Fsp3) is 0.625. The summed E-state index contributed by atoms with van der Waals surface area (Å²) in [6.07, 6.45) is 3.01. The quantitative estimate of drug-likeness (QED) is 0.856. The van der Waals surface area contributed by atoms with E-state index in [2.05, 4.69) is 4.90 Å². The summed E-state index contributed by atoms with van der Waals surface area (Å²) in [4.78, 5) is 2.37. The van der Waals surface area contributed by atoms with Crippen LogP contribution >= 0.6 is 0 Å². The van der Waals surface area contributed by atoms with E-state index in [9.17, 15) is 5.11 Å². The zero-order chi connectivity index (χ0) is 13.5. The summed E-state index contributed by atoms with van der Waals surface area (Å²) in [6, 6.07) is 10.0. The van der Waals surface area contributed by atoms with Crippen LogP contribution in [0.2, 0.25) is 0 Å². The van der Waals surface area contributed by atoms with Crippen LogP contribution in [0, 0.1) is 5.92 Å². The van der Waals surface area contributed by atoms with Gasteiger partial charge in [-0.05, 0) is 50.4 Å². The summed E-state index contributed by atoms with van der Waals surface area (Å²) in [5.41, 5.74) is 0. The van der Waals surface area contributed by atoms with Gasteiger partial charge in [0, 0.05) is 6.54 Å². The number of β-amino-alcohol motifs (C(OH)–C–C–N with tert-alkyl or cyclic N) is 1. The number of rotatable bonds is 6. The van der Waals surface area contributed by atoms with E-state index >= 15 is 0 Å². The van der Waals surface area contributed by atoms with Crippen molar-refractivity contribution in [2.45, 2.75) is 32.3 Å². The molecule has 0 amide bonds. The molecule has 1 aromatic rings. The summed E-state index contributed by atoms with van der Waals surface area (Å²) in [5, 5.41) is 9.66. The van der Waals surface area contributed by atoms with E-state index in [0.717, 1.165) is 38.4 Å². The van der Waals surface area contributed by atoms with E-state index in [1.165, 1.54) is 12.8 Å². The molecule has 0 radical (unpaired) electrons. The van der Waals surface area contributed by atoms with Crippen molar-refractivity contribution in [1.82, 2.24) is 4.90 Å². The Hall–Kier alpha value is -1.06. The number of hydrogen-bond acceptors (Lipinski definition) is 3. The molecule has 1 unspecified atom stereocenters. The van der Waals surface area contributed by atoms with Gasteiger partial charge < -0.3 is 14.7 Å². The normalized spacial score (nSPS) is 19.3. The van der Waals surface area contributed by atoms with Crippen molar-refractivity contribution in [3.05, 3.63) is 30.3 Å². The minimum absolute atomic E-state index is 0.169. The third-order valence-corrected chi connectivity index (χ3v) is 3.88. The molecule has 1 N–H and O–H groups in total. The number of likely N-dealkylation sites (tertiary alicyclic amines) is 1. The Kier molecular flexibility index (Phi) is 5.67. The van der Waals surface area contributed by atoms with Crippen LogP contribution in [-0.2, 0) is 0 Å². The third-order valence-electron chi connectivity index (χ3n) is 3.88. The Morgan fingerprint density at radius 3 is 2.58 bits per heavy atom. The molecular formula is C16H25NO2. The summed E-state index contributed by atoms with van der Waals surface area (Å²) >= 11 is 0. The summed E-state index contributed by atoms with van der Waals surface area (Å²) in [7, 11) is 0. The molecule has 0 bridgehead atoms. The molecule has 0 spiro atoms. The second-order valence-electron chi connectivity index (χ2n) is 5.43. The first kappa shape index (κ1) is 14.4. The lowest BCUT2D eigenvalue weighted by molar-refractivity contribution is 0.0775. The van der Waals surface area contributed by atoms with Crippen molar-refractivity contribution in [1.29, 1.82) is 0 Å². The highest BCUT2D eigenvalue weighted by atomic mass is 16.5. The molecule has 0 aromatic heterocycles. The summed E-state index contributed by atoms with van der Waals surface area (Å²) in [6.45, 7) is 5.84. The SMILES string of the molecule is CCC(O)CN1CCC(COc2ccccc2)CC1. The standard InChI is InChI=1S/C16H25NO2/c1-2-15(18)12-17-10-8-14(9-11-17)13-19-16-6-4-3-5-7-16/h3-7,14-15,18H,2,8-13H2,1H3. The van der Waals surface area contributed by atoms with Gasteiger partial charge in [-0.2, -0.15) is 0 Å². The molecule has 1 fully saturated rings. The minimum atomic E-state index is -0.169. The molecule has 1 aromatic carbocycles. The highest BCUT2D eigenvalue weighted by Gasteiger charge is 2.20. The van der Waals surface area contributed by atoms with Crippen LogP contribution in [0.15, 0.2) is 30.3 Å². The van der Waals surface area contributed by atoms with E-state index in [0.29, 0.717) is 5.92 Å². The van der Waals surface area contributed by atoms with Crippen molar-refractivity contribution in [2.75, 3.05) is 26.2 Å². The Balaban J connectivity index is 1.66. The molecule has 19 heavy (non-hydrogen) atoms. The number of aliphatic hydroxyl groups excluding tert-OH is 1. The molecule has 106 valence electrons. The van der Waals surface area contributed by atoms with Gasteiger partial charge in [-0.3, -0.25) is 0 Å². The van der Waals surface area contributed by atoms with E-state index in [1.807, 2.05) is 37.3 Å². The topological polar surface area (TPSA) is 32.7 Å². The largest absolute Gasteiger partial charge is 0.493 e. The predicted molar refractivity (Wildman–Crippen MR) is 77.4 cm³/mol. The van der Waals surface area contributed by atoms with E-state index in [4.69, 9.17) is 4.74 Å². The van der Waals surface area contributed by atoms with Gasteiger partial charge in [0.15, 0.2) is 0 Å². The average molecular weight is 263 g/mol. The molecular weight excluding hydrogens is 238 g/mol. The molecule has 1 atom stereocenters.